The predicted molar refractivity (Wildman–Crippen MR) is 90.8 cm³/mol. The number of pyridine rings is 1. The number of rotatable bonds is 5. The normalized spacial score (nSPS) is 12.2. The van der Waals surface area contributed by atoms with Crippen molar-refractivity contribution in [3.05, 3.63) is 83.7 Å². The molecule has 0 radical (unpaired) electrons. The van der Waals surface area contributed by atoms with E-state index in [-0.39, 0.29) is 5.91 Å². The lowest BCUT2D eigenvalue weighted by Crippen LogP contribution is -2.28. The molecule has 0 aliphatic rings. The first-order valence-corrected chi connectivity index (χ1v) is 7.55. The number of benzene rings is 1. The van der Waals surface area contributed by atoms with Gasteiger partial charge in [-0.05, 0) is 30.2 Å². The van der Waals surface area contributed by atoms with E-state index in [1.165, 1.54) is 6.08 Å². The highest BCUT2D eigenvalue weighted by atomic mass is 16.1. The highest BCUT2D eigenvalue weighted by molar-refractivity contribution is 5.92. The Morgan fingerprint density at radius 2 is 2.04 bits per heavy atom. The van der Waals surface area contributed by atoms with E-state index in [0.29, 0.717) is 11.6 Å². The Labute approximate surface area is 139 Å². The van der Waals surface area contributed by atoms with Crippen molar-refractivity contribution in [2.45, 2.75) is 13.0 Å². The molecule has 120 valence electrons. The van der Waals surface area contributed by atoms with Crippen LogP contribution in [0.4, 0.5) is 0 Å². The minimum absolute atomic E-state index is 0.227. The second-order valence-electron chi connectivity index (χ2n) is 5.25. The van der Waals surface area contributed by atoms with Crippen LogP contribution in [0, 0.1) is 6.92 Å². The number of nitrogens with zero attached hydrogens (tertiary/aromatic N) is 3. The van der Waals surface area contributed by atoms with Crippen LogP contribution in [0.1, 0.15) is 28.8 Å². The van der Waals surface area contributed by atoms with E-state index in [0.717, 1.165) is 11.1 Å². The Morgan fingerprint density at radius 1 is 1.21 bits per heavy atom. The molecule has 1 amide bonds. The molecule has 0 aliphatic heterocycles. The number of aryl methyl sites for hydroxylation is 1. The number of aromatic nitrogens is 4. The SMILES string of the molecule is Cc1nc([C@H](NC(=O)/C=C/c2cccnc2)c2ccccc2)n[nH]1. The van der Waals surface area contributed by atoms with Crippen molar-refractivity contribution in [2.24, 2.45) is 0 Å². The molecule has 3 rings (SSSR count). The second-order valence-corrected chi connectivity index (χ2v) is 5.25. The zero-order valence-corrected chi connectivity index (χ0v) is 13.2. The van der Waals surface area contributed by atoms with E-state index in [4.69, 9.17) is 0 Å². The molecule has 0 unspecified atom stereocenters. The molecule has 2 N–H and O–H groups in total. The molecule has 3 aromatic rings. The molecule has 0 saturated carbocycles. The maximum atomic E-state index is 12.3. The summed E-state index contributed by atoms with van der Waals surface area (Å²) in [6.45, 7) is 1.82. The van der Waals surface area contributed by atoms with Gasteiger partial charge in [-0.25, -0.2) is 4.98 Å². The average Bonchev–Trinajstić information content (AvgIpc) is 3.05. The number of aromatic amines is 1. The number of nitrogens with one attached hydrogen (secondary N) is 2. The smallest absolute Gasteiger partial charge is 0.244 e. The van der Waals surface area contributed by atoms with Crippen LogP contribution in [0.15, 0.2) is 60.9 Å². The Kier molecular flexibility index (Phi) is 4.76. The van der Waals surface area contributed by atoms with Crippen molar-refractivity contribution in [2.75, 3.05) is 0 Å². The summed E-state index contributed by atoms with van der Waals surface area (Å²) in [4.78, 5) is 20.7. The topological polar surface area (TPSA) is 83.6 Å². The molecule has 24 heavy (non-hydrogen) atoms. The first kappa shape index (κ1) is 15.6. The van der Waals surface area contributed by atoms with E-state index in [9.17, 15) is 4.79 Å². The first-order chi connectivity index (χ1) is 11.7. The molecule has 2 heterocycles. The second kappa shape index (κ2) is 7.32. The van der Waals surface area contributed by atoms with Gasteiger partial charge in [0.2, 0.25) is 5.91 Å². The summed E-state index contributed by atoms with van der Waals surface area (Å²) >= 11 is 0. The van der Waals surface area contributed by atoms with Gasteiger partial charge in [-0.15, -0.1) is 0 Å². The third-order valence-electron chi connectivity index (χ3n) is 3.40. The van der Waals surface area contributed by atoms with Gasteiger partial charge in [0.25, 0.3) is 0 Å². The molecule has 2 aromatic heterocycles. The number of carbonyl (C=O) groups is 1. The van der Waals surface area contributed by atoms with Crippen LogP contribution in [0.5, 0.6) is 0 Å². The molecule has 6 nitrogen and oxygen atoms in total. The molecular weight excluding hydrogens is 302 g/mol. The fraction of sp³-hybridized carbons (Fsp3) is 0.111. The highest BCUT2D eigenvalue weighted by Crippen LogP contribution is 2.18. The fourth-order valence-corrected chi connectivity index (χ4v) is 2.27. The molecule has 0 saturated heterocycles. The maximum Gasteiger partial charge on any atom is 0.244 e. The van der Waals surface area contributed by atoms with Gasteiger partial charge in [-0.1, -0.05) is 36.4 Å². The van der Waals surface area contributed by atoms with Crippen LogP contribution < -0.4 is 5.32 Å². The van der Waals surface area contributed by atoms with Gasteiger partial charge >= 0.3 is 0 Å². The lowest BCUT2D eigenvalue weighted by atomic mass is 10.1. The third kappa shape index (κ3) is 3.92. The molecule has 6 heteroatoms. The first-order valence-electron chi connectivity index (χ1n) is 7.55. The van der Waals surface area contributed by atoms with E-state index in [2.05, 4.69) is 25.5 Å². The van der Waals surface area contributed by atoms with Crippen molar-refractivity contribution in [3.8, 4) is 0 Å². The van der Waals surface area contributed by atoms with Crippen molar-refractivity contribution in [3.63, 3.8) is 0 Å². The Hall–Kier alpha value is -3.28. The van der Waals surface area contributed by atoms with Crippen molar-refractivity contribution >= 4 is 12.0 Å². The minimum Gasteiger partial charge on any atom is -0.338 e. The van der Waals surface area contributed by atoms with Gasteiger partial charge in [0.1, 0.15) is 11.9 Å². The average molecular weight is 319 g/mol. The van der Waals surface area contributed by atoms with Gasteiger partial charge < -0.3 is 5.32 Å². The van der Waals surface area contributed by atoms with E-state index < -0.39 is 6.04 Å². The summed E-state index contributed by atoms with van der Waals surface area (Å²) in [7, 11) is 0. The Morgan fingerprint density at radius 3 is 2.71 bits per heavy atom. The highest BCUT2D eigenvalue weighted by Gasteiger charge is 2.19. The summed E-state index contributed by atoms with van der Waals surface area (Å²) in [6.07, 6.45) is 6.57. The van der Waals surface area contributed by atoms with Gasteiger partial charge in [0.05, 0.1) is 0 Å². The zero-order chi connectivity index (χ0) is 16.8. The lowest BCUT2D eigenvalue weighted by Gasteiger charge is -2.15. The van der Waals surface area contributed by atoms with Crippen LogP contribution in [-0.2, 0) is 4.79 Å². The summed E-state index contributed by atoms with van der Waals surface area (Å²) in [5.41, 5.74) is 1.78. The Balaban J connectivity index is 1.79. The lowest BCUT2D eigenvalue weighted by molar-refractivity contribution is -0.117. The van der Waals surface area contributed by atoms with Crippen LogP contribution in [0.25, 0.3) is 6.08 Å². The van der Waals surface area contributed by atoms with Crippen molar-refractivity contribution in [1.29, 1.82) is 0 Å². The van der Waals surface area contributed by atoms with Gasteiger partial charge in [-0.2, -0.15) is 5.10 Å². The minimum atomic E-state index is -0.415. The molecular formula is C18H17N5O. The largest absolute Gasteiger partial charge is 0.338 e. The van der Waals surface area contributed by atoms with Gasteiger partial charge in [0.15, 0.2) is 5.82 Å². The Bertz CT molecular complexity index is 827. The molecule has 1 atom stereocenters. The van der Waals surface area contributed by atoms with E-state index in [1.807, 2.05) is 49.4 Å². The standard InChI is InChI=1S/C18H17N5O/c1-13-20-18(23-22-13)17(15-7-3-2-4-8-15)21-16(24)10-9-14-6-5-11-19-12-14/h2-12,17H,1H3,(H,21,24)(H,20,22,23)/b10-9+/t17-/m1/s1. The molecule has 0 spiro atoms. The van der Waals surface area contributed by atoms with E-state index in [1.54, 1.807) is 18.5 Å². The van der Waals surface area contributed by atoms with Crippen LogP contribution >= 0.6 is 0 Å². The van der Waals surface area contributed by atoms with Gasteiger partial charge in [0, 0.05) is 18.5 Å². The predicted octanol–water partition coefficient (Wildman–Crippen LogP) is 2.43. The quantitative estimate of drug-likeness (QED) is 0.708. The number of amides is 1. The van der Waals surface area contributed by atoms with Crippen LogP contribution in [-0.4, -0.2) is 26.1 Å². The van der Waals surface area contributed by atoms with E-state index >= 15 is 0 Å². The van der Waals surface area contributed by atoms with Crippen molar-refractivity contribution in [1.82, 2.24) is 25.5 Å². The van der Waals surface area contributed by atoms with Crippen LogP contribution in [0.3, 0.4) is 0 Å². The number of carbonyl (C=O) groups excluding carboxylic acids is 1. The number of H-pyrrole nitrogens is 1. The summed E-state index contributed by atoms with van der Waals surface area (Å²) in [5, 5.41) is 9.93. The summed E-state index contributed by atoms with van der Waals surface area (Å²) < 4.78 is 0. The molecule has 0 aliphatic carbocycles. The fourth-order valence-electron chi connectivity index (χ4n) is 2.27. The maximum absolute atomic E-state index is 12.3. The molecule has 1 aromatic carbocycles. The van der Waals surface area contributed by atoms with Crippen LogP contribution in [0.2, 0.25) is 0 Å². The number of hydrogen-bond donors (Lipinski definition) is 2. The summed E-state index contributed by atoms with van der Waals surface area (Å²) in [5.74, 6) is 1.00. The monoisotopic (exact) mass is 319 g/mol. The molecule has 0 fully saturated rings. The zero-order valence-electron chi connectivity index (χ0n) is 13.2. The van der Waals surface area contributed by atoms with Gasteiger partial charge in [-0.3, -0.25) is 14.9 Å². The third-order valence-corrected chi connectivity index (χ3v) is 3.40. The molecule has 0 bridgehead atoms. The van der Waals surface area contributed by atoms with Crippen molar-refractivity contribution < 1.29 is 4.79 Å². The number of hydrogen-bond acceptors (Lipinski definition) is 4. The summed E-state index contributed by atoms with van der Waals surface area (Å²) in [6, 6.07) is 12.9.